The number of aldehydes is 1. The first-order chi connectivity index (χ1) is 8.81. The normalized spacial score (nSPS) is 13.0. The molecule has 0 amide bonds. The van der Waals surface area contributed by atoms with Crippen LogP contribution in [-0.4, -0.2) is 18.2 Å². The Labute approximate surface area is 110 Å². The Morgan fingerprint density at radius 1 is 1.11 bits per heavy atom. The van der Waals surface area contributed by atoms with Crippen molar-refractivity contribution in [2.24, 2.45) is 11.3 Å². The van der Waals surface area contributed by atoms with Gasteiger partial charge in [-0.2, -0.15) is 0 Å². The molecule has 0 saturated carbocycles. The average Bonchev–Trinajstić information content (AvgIpc) is 2.35. The van der Waals surface area contributed by atoms with Crippen molar-refractivity contribution in [3.05, 3.63) is 35.9 Å². The second kappa shape index (κ2) is 5.65. The van der Waals surface area contributed by atoms with E-state index in [9.17, 15) is 24.6 Å². The number of carbonyl (C=O) groups excluding carboxylic acids is 3. The molecule has 1 rings (SSSR count). The summed E-state index contributed by atoms with van der Waals surface area (Å²) in [6.45, 7) is 2.97. The van der Waals surface area contributed by atoms with E-state index in [0.717, 1.165) is 0 Å². The van der Waals surface area contributed by atoms with Gasteiger partial charge in [0.15, 0.2) is 0 Å². The van der Waals surface area contributed by atoms with Crippen molar-refractivity contribution in [1.82, 2.24) is 0 Å². The van der Waals surface area contributed by atoms with Crippen LogP contribution in [0.1, 0.15) is 25.3 Å². The molecule has 102 valence electrons. The van der Waals surface area contributed by atoms with Gasteiger partial charge in [-0.1, -0.05) is 44.2 Å². The number of hydrogen-bond acceptors (Lipinski definition) is 5. The van der Waals surface area contributed by atoms with Crippen molar-refractivity contribution in [3.63, 3.8) is 0 Å². The van der Waals surface area contributed by atoms with Gasteiger partial charge in [0.2, 0.25) is 0 Å². The van der Waals surface area contributed by atoms with Gasteiger partial charge in [0, 0.05) is 17.3 Å². The summed E-state index contributed by atoms with van der Waals surface area (Å²) in [5.41, 5.74) is -0.732. The van der Waals surface area contributed by atoms with E-state index in [2.05, 4.69) is 0 Å². The lowest BCUT2D eigenvalue weighted by Crippen LogP contribution is -2.49. The van der Waals surface area contributed by atoms with Crippen LogP contribution in [0.2, 0.25) is 0 Å². The molecule has 0 heterocycles. The third kappa shape index (κ3) is 3.19. The second-order valence-corrected chi connectivity index (χ2v) is 4.94. The van der Waals surface area contributed by atoms with Crippen molar-refractivity contribution < 1.29 is 24.6 Å². The number of rotatable bonds is 6. The molecule has 0 aliphatic rings. The first-order valence-corrected chi connectivity index (χ1v) is 5.74. The summed E-state index contributed by atoms with van der Waals surface area (Å²) in [6, 6.07) is 8.15. The van der Waals surface area contributed by atoms with Crippen LogP contribution < -0.4 is 10.2 Å². The van der Waals surface area contributed by atoms with Crippen LogP contribution >= 0.6 is 0 Å². The second-order valence-electron chi connectivity index (χ2n) is 4.94. The maximum atomic E-state index is 11.2. The highest BCUT2D eigenvalue weighted by molar-refractivity contribution is 5.92. The van der Waals surface area contributed by atoms with Gasteiger partial charge in [0.05, 0.1) is 11.9 Å². The third-order valence-corrected chi connectivity index (χ3v) is 3.11. The van der Waals surface area contributed by atoms with E-state index in [-0.39, 0.29) is 0 Å². The standard InChI is InChI=1S/C14H16O5/c1-14(2,8-15)11(9-6-4-3-5-7-9)10(12(16)17)13(18)19/h3-8,10-11H,1-2H3,(H,16,17)(H,18,19)/p-2/t11-/m0/s1. The summed E-state index contributed by atoms with van der Waals surface area (Å²) in [5.74, 6) is -6.46. The first-order valence-electron chi connectivity index (χ1n) is 5.74. The predicted molar refractivity (Wildman–Crippen MR) is 62.5 cm³/mol. The number of carboxylic acids is 2. The molecular formula is C14H14O5-2. The molecule has 0 aliphatic carbocycles. The van der Waals surface area contributed by atoms with Gasteiger partial charge in [-0.25, -0.2) is 0 Å². The average molecular weight is 262 g/mol. The maximum absolute atomic E-state index is 11.2. The molecule has 0 saturated heterocycles. The van der Waals surface area contributed by atoms with Crippen molar-refractivity contribution in [1.29, 1.82) is 0 Å². The van der Waals surface area contributed by atoms with Crippen LogP contribution in [0.4, 0.5) is 0 Å². The Balaban J connectivity index is 3.39. The highest BCUT2D eigenvalue weighted by Gasteiger charge is 2.38. The summed E-state index contributed by atoms with van der Waals surface area (Å²) in [7, 11) is 0. The Morgan fingerprint density at radius 3 is 1.95 bits per heavy atom. The zero-order valence-corrected chi connectivity index (χ0v) is 10.7. The van der Waals surface area contributed by atoms with Gasteiger partial charge in [-0.15, -0.1) is 0 Å². The minimum absolute atomic E-state index is 0.443. The summed E-state index contributed by atoms with van der Waals surface area (Å²) in [6.07, 6.45) is 0.545. The van der Waals surface area contributed by atoms with E-state index in [1.54, 1.807) is 30.3 Å². The van der Waals surface area contributed by atoms with E-state index in [1.807, 2.05) is 0 Å². The Morgan fingerprint density at radius 2 is 1.58 bits per heavy atom. The van der Waals surface area contributed by atoms with E-state index >= 15 is 0 Å². The molecular weight excluding hydrogens is 248 g/mol. The van der Waals surface area contributed by atoms with E-state index in [0.29, 0.717) is 11.8 Å². The van der Waals surface area contributed by atoms with Crippen LogP contribution in [0.15, 0.2) is 30.3 Å². The zero-order chi connectivity index (χ0) is 14.6. The lowest BCUT2D eigenvalue weighted by Gasteiger charge is -2.37. The predicted octanol–water partition coefficient (Wildman–Crippen LogP) is -0.889. The molecule has 0 spiro atoms. The number of benzene rings is 1. The van der Waals surface area contributed by atoms with Gasteiger partial charge in [0.25, 0.3) is 0 Å². The van der Waals surface area contributed by atoms with Crippen molar-refractivity contribution in [2.75, 3.05) is 0 Å². The van der Waals surface area contributed by atoms with Gasteiger partial charge in [-0.3, -0.25) is 0 Å². The summed E-state index contributed by atoms with van der Waals surface area (Å²) >= 11 is 0. The van der Waals surface area contributed by atoms with E-state index < -0.39 is 29.2 Å². The summed E-state index contributed by atoms with van der Waals surface area (Å²) < 4.78 is 0. The van der Waals surface area contributed by atoms with Crippen LogP contribution in [-0.2, 0) is 14.4 Å². The molecule has 1 atom stereocenters. The number of aliphatic carboxylic acids is 2. The van der Waals surface area contributed by atoms with Crippen molar-refractivity contribution in [3.8, 4) is 0 Å². The third-order valence-electron chi connectivity index (χ3n) is 3.11. The van der Waals surface area contributed by atoms with Crippen LogP contribution in [0.3, 0.4) is 0 Å². The Bertz CT molecular complexity index is 464. The van der Waals surface area contributed by atoms with Gasteiger partial charge < -0.3 is 24.6 Å². The Kier molecular flexibility index (Phi) is 4.43. The Hall–Kier alpha value is -2.17. The molecule has 1 aromatic rings. The molecule has 5 nitrogen and oxygen atoms in total. The fourth-order valence-electron chi connectivity index (χ4n) is 2.15. The van der Waals surface area contributed by atoms with Gasteiger partial charge in [-0.05, 0) is 5.56 Å². The molecule has 0 bridgehead atoms. The fourth-order valence-corrected chi connectivity index (χ4v) is 2.15. The largest absolute Gasteiger partial charge is 0.549 e. The maximum Gasteiger partial charge on any atom is 0.126 e. The minimum Gasteiger partial charge on any atom is -0.549 e. The number of carbonyl (C=O) groups is 3. The molecule has 0 unspecified atom stereocenters. The SMILES string of the molecule is CC(C)(C=O)[C@@H](c1ccccc1)C(C(=O)[O-])C(=O)[O-]. The van der Waals surface area contributed by atoms with E-state index in [1.165, 1.54) is 13.8 Å². The lowest BCUT2D eigenvalue weighted by molar-refractivity contribution is -0.333. The number of carboxylic acid groups (broad SMARTS) is 2. The highest BCUT2D eigenvalue weighted by Crippen LogP contribution is 2.39. The molecule has 0 radical (unpaired) electrons. The van der Waals surface area contributed by atoms with Crippen molar-refractivity contribution >= 4 is 18.2 Å². The van der Waals surface area contributed by atoms with Crippen LogP contribution in [0, 0.1) is 11.3 Å². The lowest BCUT2D eigenvalue weighted by atomic mass is 9.69. The smallest absolute Gasteiger partial charge is 0.126 e. The minimum atomic E-state index is -1.89. The van der Waals surface area contributed by atoms with Crippen LogP contribution in [0.25, 0.3) is 0 Å². The zero-order valence-electron chi connectivity index (χ0n) is 10.7. The van der Waals surface area contributed by atoms with Crippen LogP contribution in [0.5, 0.6) is 0 Å². The number of hydrogen-bond donors (Lipinski definition) is 0. The first kappa shape index (κ1) is 14.9. The van der Waals surface area contributed by atoms with Gasteiger partial charge >= 0.3 is 0 Å². The molecule has 1 aromatic carbocycles. The molecule has 19 heavy (non-hydrogen) atoms. The van der Waals surface area contributed by atoms with Gasteiger partial charge in [0.1, 0.15) is 6.29 Å². The van der Waals surface area contributed by atoms with E-state index in [4.69, 9.17) is 0 Å². The summed E-state index contributed by atoms with van der Waals surface area (Å²) in [4.78, 5) is 33.3. The molecule has 0 aromatic heterocycles. The topological polar surface area (TPSA) is 97.3 Å². The molecule has 0 N–H and O–H groups in total. The quantitative estimate of drug-likeness (QED) is 0.489. The summed E-state index contributed by atoms with van der Waals surface area (Å²) in [5, 5.41) is 22.1. The monoisotopic (exact) mass is 262 g/mol. The molecule has 5 heteroatoms. The highest BCUT2D eigenvalue weighted by atomic mass is 16.4. The molecule has 0 aliphatic heterocycles. The molecule has 0 fully saturated rings. The van der Waals surface area contributed by atoms with Crippen molar-refractivity contribution in [2.45, 2.75) is 19.8 Å². The fraction of sp³-hybridized carbons (Fsp3) is 0.357.